The molecule has 1 aliphatic rings. The molecule has 0 aliphatic heterocycles. The van der Waals surface area contributed by atoms with Gasteiger partial charge in [0.05, 0.1) is 22.1 Å². The number of furan rings is 1. The van der Waals surface area contributed by atoms with Crippen molar-refractivity contribution in [2.24, 2.45) is 0 Å². The van der Waals surface area contributed by atoms with E-state index in [1.807, 2.05) is 0 Å². The lowest BCUT2D eigenvalue weighted by Gasteiger charge is -2.35. The van der Waals surface area contributed by atoms with Crippen LogP contribution in [0.1, 0.15) is 48.6 Å². The first-order chi connectivity index (χ1) is 30.4. The molecular formula is C59H44N2O. The summed E-state index contributed by atoms with van der Waals surface area (Å²) in [5.74, 6) is 0. The third-order valence-electron chi connectivity index (χ3n) is 13.2. The van der Waals surface area contributed by atoms with E-state index >= 15 is 0 Å². The maximum atomic E-state index is 7.18. The lowest BCUT2D eigenvalue weighted by molar-refractivity contribution is 0.590. The van der Waals surface area contributed by atoms with E-state index in [1.165, 1.54) is 55.2 Å². The highest BCUT2D eigenvalue weighted by Crippen LogP contribution is 2.61. The zero-order valence-corrected chi connectivity index (χ0v) is 35.0. The number of fused-ring (bicyclic) bond motifs is 10. The highest BCUT2D eigenvalue weighted by Gasteiger charge is 2.48. The van der Waals surface area contributed by atoms with Gasteiger partial charge in [0.25, 0.3) is 0 Å². The second-order valence-corrected chi connectivity index (χ2v) is 17.7. The second kappa shape index (κ2) is 13.7. The lowest BCUT2D eigenvalue weighted by atomic mass is 9.67. The van der Waals surface area contributed by atoms with Gasteiger partial charge in [0.2, 0.25) is 0 Å². The Morgan fingerprint density at radius 1 is 0.484 bits per heavy atom. The van der Waals surface area contributed by atoms with E-state index in [0.29, 0.717) is 0 Å². The number of hydrogen-bond acceptors (Lipinski definition) is 2. The molecule has 0 saturated heterocycles. The van der Waals surface area contributed by atoms with Crippen molar-refractivity contribution in [3.8, 4) is 16.8 Å². The predicted molar refractivity (Wildman–Crippen MR) is 259 cm³/mol. The third kappa shape index (κ3) is 5.24. The topological polar surface area (TPSA) is 21.3 Å². The van der Waals surface area contributed by atoms with Crippen LogP contribution < -0.4 is 4.90 Å². The van der Waals surface area contributed by atoms with Crippen molar-refractivity contribution >= 4 is 60.8 Å². The molecule has 0 amide bonds. The quantitative estimate of drug-likeness (QED) is 0.167. The van der Waals surface area contributed by atoms with Crippen LogP contribution in [0.2, 0.25) is 0 Å². The summed E-state index contributed by atoms with van der Waals surface area (Å²) < 4.78 is 9.56. The Bertz CT molecular complexity index is 3440. The van der Waals surface area contributed by atoms with Crippen molar-refractivity contribution in [1.82, 2.24) is 4.57 Å². The average Bonchev–Trinajstić information content (AvgIpc) is 3.96. The largest absolute Gasteiger partial charge is 0.454 e. The summed E-state index contributed by atoms with van der Waals surface area (Å²) in [6, 6.07) is 77.8. The molecule has 0 atom stereocenters. The molecule has 2 aromatic heterocycles. The van der Waals surface area contributed by atoms with Crippen molar-refractivity contribution in [3.05, 3.63) is 240 Å². The molecule has 3 heteroatoms. The Labute approximate surface area is 361 Å². The van der Waals surface area contributed by atoms with Crippen LogP contribution in [0, 0.1) is 0 Å². The first-order valence-corrected chi connectivity index (χ1v) is 21.6. The first-order valence-electron chi connectivity index (χ1n) is 21.6. The molecule has 0 fully saturated rings. The molecule has 0 unspecified atom stereocenters. The molecule has 11 aromatic rings. The van der Waals surface area contributed by atoms with Crippen molar-refractivity contribution < 1.29 is 4.42 Å². The summed E-state index contributed by atoms with van der Waals surface area (Å²) in [7, 11) is 0. The van der Waals surface area contributed by atoms with Gasteiger partial charge in [-0.15, -0.1) is 0 Å². The number of aromatic nitrogens is 1. The molecule has 9 aromatic carbocycles. The van der Waals surface area contributed by atoms with Crippen LogP contribution in [-0.4, -0.2) is 4.57 Å². The number of hydrogen-bond donors (Lipinski definition) is 0. The molecule has 0 saturated carbocycles. The second-order valence-electron chi connectivity index (χ2n) is 17.7. The lowest BCUT2D eigenvalue weighted by Crippen LogP contribution is -2.28. The van der Waals surface area contributed by atoms with Gasteiger partial charge in [-0.3, -0.25) is 0 Å². The van der Waals surface area contributed by atoms with E-state index < -0.39 is 5.41 Å². The zero-order valence-electron chi connectivity index (χ0n) is 35.0. The SMILES string of the molecule is CC(C)(C)c1ccc(N(c2ccc3c(c2)c2ccccc2n3-c2ccccc2)c2cc3c(c4c2oc2ccccc24)-c2ccccc2C3(c2ccccc2)c2ccccc2)cc1. The van der Waals surface area contributed by atoms with Gasteiger partial charge in [0, 0.05) is 38.6 Å². The molecule has 0 bridgehead atoms. The van der Waals surface area contributed by atoms with Gasteiger partial charge in [0.1, 0.15) is 5.58 Å². The molecule has 296 valence electrons. The summed E-state index contributed by atoms with van der Waals surface area (Å²) in [5, 5.41) is 4.64. The van der Waals surface area contributed by atoms with E-state index in [0.717, 1.165) is 50.2 Å². The van der Waals surface area contributed by atoms with Gasteiger partial charge < -0.3 is 13.9 Å². The van der Waals surface area contributed by atoms with E-state index in [-0.39, 0.29) is 5.41 Å². The average molecular weight is 797 g/mol. The highest BCUT2D eigenvalue weighted by molar-refractivity contribution is 6.20. The minimum atomic E-state index is -0.607. The number of anilines is 3. The van der Waals surface area contributed by atoms with Crippen molar-refractivity contribution in [2.75, 3.05) is 4.90 Å². The summed E-state index contributed by atoms with van der Waals surface area (Å²) in [6.45, 7) is 6.83. The van der Waals surface area contributed by atoms with Crippen LogP contribution in [0.15, 0.2) is 217 Å². The summed E-state index contributed by atoms with van der Waals surface area (Å²) in [5.41, 5.74) is 16.4. The molecule has 1 aliphatic carbocycles. The Morgan fingerprint density at radius 2 is 1.06 bits per heavy atom. The highest BCUT2D eigenvalue weighted by atomic mass is 16.3. The van der Waals surface area contributed by atoms with E-state index in [9.17, 15) is 0 Å². The van der Waals surface area contributed by atoms with Gasteiger partial charge >= 0.3 is 0 Å². The van der Waals surface area contributed by atoms with Crippen LogP contribution in [-0.2, 0) is 10.8 Å². The number of nitrogens with zero attached hydrogens (tertiary/aromatic N) is 2. The van der Waals surface area contributed by atoms with Gasteiger partial charge in [-0.2, -0.15) is 0 Å². The summed E-state index contributed by atoms with van der Waals surface area (Å²) >= 11 is 0. The Kier molecular flexibility index (Phi) is 8.01. The summed E-state index contributed by atoms with van der Waals surface area (Å²) in [4.78, 5) is 2.44. The van der Waals surface area contributed by atoms with Crippen molar-refractivity contribution in [2.45, 2.75) is 31.6 Å². The first kappa shape index (κ1) is 36.2. The van der Waals surface area contributed by atoms with E-state index in [2.05, 4.69) is 243 Å². The van der Waals surface area contributed by atoms with Crippen LogP contribution in [0.4, 0.5) is 17.1 Å². The van der Waals surface area contributed by atoms with Crippen LogP contribution in [0.5, 0.6) is 0 Å². The molecule has 3 nitrogen and oxygen atoms in total. The molecule has 0 radical (unpaired) electrons. The van der Waals surface area contributed by atoms with E-state index in [4.69, 9.17) is 4.42 Å². The van der Waals surface area contributed by atoms with Crippen LogP contribution in [0.25, 0.3) is 60.6 Å². The minimum Gasteiger partial charge on any atom is -0.454 e. The summed E-state index contributed by atoms with van der Waals surface area (Å²) in [6.07, 6.45) is 0. The molecule has 0 spiro atoms. The third-order valence-corrected chi connectivity index (χ3v) is 13.2. The minimum absolute atomic E-state index is 0.00213. The fraction of sp³-hybridized carbons (Fsp3) is 0.0847. The maximum Gasteiger partial charge on any atom is 0.160 e. The fourth-order valence-corrected chi connectivity index (χ4v) is 10.5. The predicted octanol–water partition coefficient (Wildman–Crippen LogP) is 15.8. The molecule has 12 rings (SSSR count). The number of benzene rings is 9. The molecule has 0 N–H and O–H groups in total. The van der Waals surface area contributed by atoms with E-state index in [1.54, 1.807) is 0 Å². The molecule has 2 heterocycles. The molecular weight excluding hydrogens is 753 g/mol. The zero-order chi connectivity index (χ0) is 41.6. The van der Waals surface area contributed by atoms with Gasteiger partial charge in [0.15, 0.2) is 5.58 Å². The molecule has 62 heavy (non-hydrogen) atoms. The standard InChI is InChI=1S/C59H44N2O/c1-58(2,3)39-31-33-43(34-32-39)60(44-35-36-52-48(37-44)45-25-14-17-29-51(45)61(52)42-23-11-6-12-24-42)53-38-50-55(56-47-27-15-18-30-54(47)62-57(53)56)46-26-13-16-28-49(46)59(50,40-19-7-4-8-20-40)41-21-9-5-10-22-41/h4-38H,1-3H3. The Balaban J connectivity index is 1.23. The Hall–Kier alpha value is -7.62. The maximum absolute atomic E-state index is 7.18. The monoisotopic (exact) mass is 796 g/mol. The van der Waals surface area contributed by atoms with Crippen molar-refractivity contribution in [1.29, 1.82) is 0 Å². The van der Waals surface area contributed by atoms with Gasteiger partial charge in [-0.05, 0) is 105 Å². The van der Waals surface area contributed by atoms with Crippen LogP contribution in [0.3, 0.4) is 0 Å². The van der Waals surface area contributed by atoms with Crippen LogP contribution >= 0.6 is 0 Å². The Morgan fingerprint density at radius 3 is 1.77 bits per heavy atom. The van der Waals surface area contributed by atoms with Crippen molar-refractivity contribution in [3.63, 3.8) is 0 Å². The number of rotatable bonds is 6. The number of para-hydroxylation sites is 3. The fourth-order valence-electron chi connectivity index (χ4n) is 10.5. The van der Waals surface area contributed by atoms with Gasteiger partial charge in [-0.25, -0.2) is 0 Å². The van der Waals surface area contributed by atoms with Gasteiger partial charge in [-0.1, -0.05) is 172 Å². The normalized spacial score (nSPS) is 13.2. The smallest absolute Gasteiger partial charge is 0.160 e.